The molecule has 5 heteroatoms. The smallest absolute Gasteiger partial charge is 0.185 e. The van der Waals surface area contributed by atoms with Gasteiger partial charge < -0.3 is 9.47 Å². The van der Waals surface area contributed by atoms with Crippen molar-refractivity contribution in [2.45, 2.75) is 26.1 Å². The second-order valence-electron chi connectivity index (χ2n) is 6.08. The second-order valence-corrected chi connectivity index (χ2v) is 6.49. The molecule has 2 heterocycles. The summed E-state index contributed by atoms with van der Waals surface area (Å²) in [7, 11) is 0. The Morgan fingerprint density at radius 3 is 2.68 bits per heavy atom. The number of aromatic nitrogens is 1. The van der Waals surface area contributed by atoms with Gasteiger partial charge in [-0.05, 0) is 24.6 Å². The first-order chi connectivity index (χ1) is 12.2. The van der Waals surface area contributed by atoms with Gasteiger partial charge in [0.2, 0.25) is 0 Å². The number of nitrogens with zero attached hydrogens (tertiary/aromatic N) is 1. The molecular weight excluding hydrogens is 341 g/mol. The molecule has 0 N–H and O–H groups in total. The highest BCUT2D eigenvalue weighted by molar-refractivity contribution is 6.30. The maximum Gasteiger partial charge on any atom is 0.185 e. The van der Waals surface area contributed by atoms with E-state index in [2.05, 4.69) is 24.1 Å². The van der Waals surface area contributed by atoms with Crippen LogP contribution in [0.5, 0.6) is 0 Å². The van der Waals surface area contributed by atoms with Crippen LogP contribution in [-0.2, 0) is 9.47 Å². The summed E-state index contributed by atoms with van der Waals surface area (Å²) >= 11 is 5.71. The number of hydrogen-bond acceptors (Lipinski definition) is 3. The lowest BCUT2D eigenvalue weighted by Crippen LogP contribution is -2.25. The molecule has 1 fully saturated rings. The van der Waals surface area contributed by atoms with E-state index in [0.29, 0.717) is 30.4 Å². The highest BCUT2D eigenvalue weighted by atomic mass is 35.5. The predicted octanol–water partition coefficient (Wildman–Crippen LogP) is 5.56. The van der Waals surface area contributed by atoms with Gasteiger partial charge in [0.25, 0.3) is 0 Å². The van der Waals surface area contributed by atoms with Crippen molar-refractivity contribution >= 4 is 11.6 Å². The van der Waals surface area contributed by atoms with Crippen LogP contribution in [0.15, 0.2) is 48.7 Å². The van der Waals surface area contributed by atoms with E-state index in [1.807, 2.05) is 12.1 Å². The van der Waals surface area contributed by atoms with E-state index in [1.165, 1.54) is 12.1 Å². The summed E-state index contributed by atoms with van der Waals surface area (Å²) in [4.78, 5) is 4.39. The number of rotatable bonds is 5. The van der Waals surface area contributed by atoms with Crippen molar-refractivity contribution in [3.8, 4) is 11.3 Å². The van der Waals surface area contributed by atoms with E-state index < -0.39 is 12.1 Å². The topological polar surface area (TPSA) is 31.4 Å². The summed E-state index contributed by atoms with van der Waals surface area (Å²) < 4.78 is 25.2. The fourth-order valence-electron chi connectivity index (χ4n) is 2.65. The van der Waals surface area contributed by atoms with Crippen LogP contribution in [0.2, 0.25) is 5.02 Å². The average Bonchev–Trinajstić information content (AvgIpc) is 2.65. The van der Waals surface area contributed by atoms with Gasteiger partial charge in [-0.15, -0.1) is 0 Å². The van der Waals surface area contributed by atoms with Crippen molar-refractivity contribution < 1.29 is 13.9 Å². The molecule has 1 aromatic carbocycles. The molecule has 0 radical (unpaired) electrons. The van der Waals surface area contributed by atoms with Gasteiger partial charge in [-0.1, -0.05) is 49.2 Å². The molecule has 2 aromatic rings. The number of halogens is 2. The van der Waals surface area contributed by atoms with Crippen molar-refractivity contribution in [1.82, 2.24) is 4.98 Å². The molecule has 0 spiro atoms. The third-order valence-electron chi connectivity index (χ3n) is 4.06. The number of allylic oxidation sites excluding steroid dienone is 1. The van der Waals surface area contributed by atoms with Gasteiger partial charge in [-0.2, -0.15) is 0 Å². The third kappa shape index (κ3) is 4.66. The van der Waals surface area contributed by atoms with Crippen LogP contribution in [0.1, 0.15) is 31.6 Å². The Morgan fingerprint density at radius 2 is 2.04 bits per heavy atom. The Hall–Kier alpha value is -1.75. The first-order valence-corrected chi connectivity index (χ1v) is 8.86. The molecule has 0 bridgehead atoms. The molecule has 0 saturated carbocycles. The monoisotopic (exact) mass is 361 g/mol. The fraction of sp³-hybridized carbons (Fsp3) is 0.350. The van der Waals surface area contributed by atoms with Crippen molar-refractivity contribution in [2.75, 3.05) is 13.2 Å². The minimum atomic E-state index is -0.453. The summed E-state index contributed by atoms with van der Waals surface area (Å²) in [6.07, 6.45) is 7.87. The molecule has 0 unspecified atom stereocenters. The molecule has 1 aliphatic rings. The molecule has 1 aromatic heterocycles. The summed E-state index contributed by atoms with van der Waals surface area (Å²) in [5, 5.41) is 0.104. The summed E-state index contributed by atoms with van der Waals surface area (Å²) in [5.74, 6) is -0.154. The van der Waals surface area contributed by atoms with Crippen LogP contribution >= 0.6 is 11.6 Å². The molecule has 3 rings (SSSR count). The van der Waals surface area contributed by atoms with E-state index >= 15 is 0 Å². The van der Waals surface area contributed by atoms with Crippen LogP contribution in [0, 0.1) is 11.7 Å². The molecule has 0 aliphatic carbocycles. The number of ether oxygens (including phenoxy) is 2. The normalized spacial score (nSPS) is 20.9. The lowest BCUT2D eigenvalue weighted by atomic mass is 10.1. The van der Waals surface area contributed by atoms with Gasteiger partial charge >= 0.3 is 0 Å². The second kappa shape index (κ2) is 8.56. The molecular formula is C20H21ClFNO2. The number of unbranched alkanes of at least 4 members (excludes halogenated alkanes) is 1. The lowest BCUT2D eigenvalue weighted by Gasteiger charge is -2.28. The van der Waals surface area contributed by atoms with Crippen LogP contribution < -0.4 is 0 Å². The molecule has 1 saturated heterocycles. The van der Waals surface area contributed by atoms with Gasteiger partial charge in [0.1, 0.15) is 5.82 Å². The lowest BCUT2D eigenvalue weighted by molar-refractivity contribution is -0.197. The van der Waals surface area contributed by atoms with Crippen molar-refractivity contribution in [2.24, 2.45) is 5.92 Å². The summed E-state index contributed by atoms with van der Waals surface area (Å²) in [6.45, 7) is 3.42. The summed E-state index contributed by atoms with van der Waals surface area (Å²) in [6, 6.07) is 8.38. The van der Waals surface area contributed by atoms with Crippen molar-refractivity contribution in [3.63, 3.8) is 0 Å². The van der Waals surface area contributed by atoms with E-state index in [1.54, 1.807) is 12.3 Å². The fourth-order valence-corrected chi connectivity index (χ4v) is 2.77. The largest absolute Gasteiger partial charge is 0.348 e. The Kier molecular flexibility index (Phi) is 6.19. The molecule has 132 valence electrons. The van der Waals surface area contributed by atoms with Gasteiger partial charge in [0.05, 0.1) is 23.9 Å². The molecule has 1 aliphatic heterocycles. The minimum absolute atomic E-state index is 0.104. The van der Waals surface area contributed by atoms with E-state index in [0.717, 1.165) is 18.4 Å². The maximum absolute atomic E-state index is 13.6. The number of benzene rings is 1. The average molecular weight is 362 g/mol. The zero-order chi connectivity index (χ0) is 17.6. The van der Waals surface area contributed by atoms with Crippen molar-refractivity contribution in [1.29, 1.82) is 0 Å². The van der Waals surface area contributed by atoms with Gasteiger partial charge in [0, 0.05) is 23.2 Å². The van der Waals surface area contributed by atoms with Gasteiger partial charge in [0.15, 0.2) is 6.29 Å². The summed E-state index contributed by atoms with van der Waals surface area (Å²) in [5.41, 5.74) is 2.21. The SMILES string of the molecule is CCC/C=C/C1COC(c2ccc(-c3ccc(Cl)c(F)c3)nc2)OC1. The Labute approximate surface area is 152 Å². The van der Waals surface area contributed by atoms with Crippen LogP contribution in [0.25, 0.3) is 11.3 Å². The first-order valence-electron chi connectivity index (χ1n) is 8.48. The zero-order valence-corrected chi connectivity index (χ0v) is 14.9. The zero-order valence-electron chi connectivity index (χ0n) is 14.1. The highest BCUT2D eigenvalue weighted by Crippen LogP contribution is 2.28. The van der Waals surface area contributed by atoms with E-state index in [-0.39, 0.29) is 5.02 Å². The molecule has 3 nitrogen and oxygen atoms in total. The Bertz CT molecular complexity index is 725. The van der Waals surface area contributed by atoms with Gasteiger partial charge in [-0.25, -0.2) is 4.39 Å². The Balaban J connectivity index is 1.62. The highest BCUT2D eigenvalue weighted by Gasteiger charge is 2.22. The standard InChI is InChI=1S/C20H21ClFNO2/c1-2-3-4-5-14-12-24-20(25-13-14)16-7-9-19(23-11-16)15-6-8-17(21)18(22)10-15/h4-11,14,20H,2-3,12-13H2,1H3/b5-4+. The molecule has 0 amide bonds. The van der Waals surface area contributed by atoms with Crippen LogP contribution in [0.3, 0.4) is 0 Å². The van der Waals surface area contributed by atoms with Crippen LogP contribution in [0.4, 0.5) is 4.39 Å². The number of pyridine rings is 1. The predicted molar refractivity (Wildman–Crippen MR) is 96.8 cm³/mol. The number of hydrogen-bond donors (Lipinski definition) is 0. The van der Waals surface area contributed by atoms with E-state index in [4.69, 9.17) is 21.1 Å². The Morgan fingerprint density at radius 1 is 1.24 bits per heavy atom. The van der Waals surface area contributed by atoms with Gasteiger partial charge in [-0.3, -0.25) is 4.98 Å². The minimum Gasteiger partial charge on any atom is -0.348 e. The quantitative estimate of drug-likeness (QED) is 0.653. The third-order valence-corrected chi connectivity index (χ3v) is 4.37. The first kappa shape index (κ1) is 18.1. The maximum atomic E-state index is 13.6. The van der Waals surface area contributed by atoms with Crippen molar-refractivity contribution in [3.05, 3.63) is 65.1 Å². The molecule has 0 atom stereocenters. The molecule has 25 heavy (non-hydrogen) atoms. The van der Waals surface area contributed by atoms with Crippen LogP contribution in [-0.4, -0.2) is 18.2 Å². The van der Waals surface area contributed by atoms with E-state index in [9.17, 15) is 4.39 Å².